The van der Waals surface area contributed by atoms with Gasteiger partial charge in [0.2, 0.25) is 0 Å². The van der Waals surface area contributed by atoms with Crippen LogP contribution in [0.2, 0.25) is 0 Å². The first kappa shape index (κ1) is 14.1. The standard InChI is InChI=1S/C16H26O/c1-13(2)16(9-7-14(3)8-10-16)15(4,5)11-12-17-6/h7,11-12H,1,8-10H2,2-6H3/b12-11-. The smallest absolute Gasteiger partial charge is 0.0790 e. The normalized spacial score (nSPS) is 25.8. The maximum Gasteiger partial charge on any atom is 0.0790 e. The third-order valence-corrected chi connectivity index (χ3v) is 4.42. The Hall–Kier alpha value is -0.980. The second kappa shape index (κ2) is 5.12. The molecule has 0 amide bonds. The maximum atomic E-state index is 5.09. The van der Waals surface area contributed by atoms with Crippen molar-refractivity contribution in [3.05, 3.63) is 36.1 Å². The molecule has 0 saturated heterocycles. The van der Waals surface area contributed by atoms with Crippen molar-refractivity contribution in [3.8, 4) is 0 Å². The summed E-state index contributed by atoms with van der Waals surface area (Å²) >= 11 is 0. The quantitative estimate of drug-likeness (QED) is 0.498. The summed E-state index contributed by atoms with van der Waals surface area (Å²) in [5.74, 6) is 0. The predicted octanol–water partition coefficient (Wildman–Crippen LogP) is 4.87. The summed E-state index contributed by atoms with van der Waals surface area (Å²) in [6.07, 6.45) is 9.81. The molecule has 1 aliphatic rings. The van der Waals surface area contributed by atoms with E-state index in [4.69, 9.17) is 4.74 Å². The summed E-state index contributed by atoms with van der Waals surface area (Å²) < 4.78 is 5.09. The predicted molar refractivity (Wildman–Crippen MR) is 74.8 cm³/mol. The Morgan fingerprint density at radius 3 is 2.59 bits per heavy atom. The maximum absolute atomic E-state index is 5.09. The van der Waals surface area contributed by atoms with Gasteiger partial charge in [-0.2, -0.15) is 0 Å². The molecule has 0 bridgehead atoms. The SMILES string of the molecule is C=C(C)C1(C(C)(C)/C=C\OC)CC=C(C)CC1. The number of rotatable bonds is 4. The second-order valence-corrected chi connectivity index (χ2v) is 5.88. The van der Waals surface area contributed by atoms with Crippen molar-refractivity contribution in [1.82, 2.24) is 0 Å². The fourth-order valence-electron chi connectivity index (χ4n) is 2.88. The highest BCUT2D eigenvalue weighted by Crippen LogP contribution is 2.54. The third kappa shape index (κ3) is 2.65. The van der Waals surface area contributed by atoms with E-state index in [9.17, 15) is 0 Å². The van der Waals surface area contributed by atoms with Gasteiger partial charge in [0.05, 0.1) is 13.4 Å². The molecule has 1 atom stereocenters. The van der Waals surface area contributed by atoms with Crippen molar-refractivity contribution in [3.63, 3.8) is 0 Å². The van der Waals surface area contributed by atoms with Crippen molar-refractivity contribution >= 4 is 0 Å². The minimum Gasteiger partial charge on any atom is -0.505 e. The molecular formula is C16H26O. The molecule has 1 rings (SSSR count). The highest BCUT2D eigenvalue weighted by atomic mass is 16.5. The first-order valence-electron chi connectivity index (χ1n) is 6.38. The monoisotopic (exact) mass is 234 g/mol. The van der Waals surface area contributed by atoms with Crippen LogP contribution in [0.5, 0.6) is 0 Å². The molecule has 0 radical (unpaired) electrons. The molecule has 0 aromatic carbocycles. The van der Waals surface area contributed by atoms with Crippen LogP contribution in [-0.2, 0) is 4.74 Å². The molecule has 0 aromatic heterocycles. The molecular weight excluding hydrogens is 208 g/mol. The van der Waals surface area contributed by atoms with Gasteiger partial charge in [-0.1, -0.05) is 37.6 Å². The Bertz CT molecular complexity index is 347. The Kier molecular flexibility index (Phi) is 4.24. The molecule has 0 N–H and O–H groups in total. The molecule has 0 spiro atoms. The van der Waals surface area contributed by atoms with E-state index >= 15 is 0 Å². The minimum atomic E-state index is 0.0754. The fourth-order valence-corrected chi connectivity index (χ4v) is 2.88. The zero-order valence-corrected chi connectivity index (χ0v) is 12.0. The number of ether oxygens (including phenoxy) is 1. The summed E-state index contributed by atoms with van der Waals surface area (Å²) in [4.78, 5) is 0. The number of hydrogen-bond acceptors (Lipinski definition) is 1. The first-order valence-corrected chi connectivity index (χ1v) is 6.38. The van der Waals surface area contributed by atoms with E-state index in [1.807, 2.05) is 0 Å². The molecule has 0 heterocycles. The van der Waals surface area contributed by atoms with Gasteiger partial charge >= 0.3 is 0 Å². The van der Waals surface area contributed by atoms with E-state index in [0.717, 1.165) is 6.42 Å². The Morgan fingerprint density at radius 2 is 2.18 bits per heavy atom. The molecule has 1 aliphatic carbocycles. The molecule has 96 valence electrons. The number of methoxy groups -OCH3 is 1. The molecule has 1 unspecified atom stereocenters. The molecule has 1 nitrogen and oxygen atoms in total. The highest BCUT2D eigenvalue weighted by Gasteiger charge is 2.44. The molecule has 17 heavy (non-hydrogen) atoms. The van der Waals surface area contributed by atoms with E-state index in [1.165, 1.54) is 24.0 Å². The Labute approximate surface area is 106 Å². The third-order valence-electron chi connectivity index (χ3n) is 4.42. The summed E-state index contributed by atoms with van der Waals surface area (Å²) in [5, 5.41) is 0. The van der Waals surface area contributed by atoms with Crippen LogP contribution in [0.4, 0.5) is 0 Å². The molecule has 0 aromatic rings. The van der Waals surface area contributed by atoms with Gasteiger partial charge in [-0.05, 0) is 44.6 Å². The van der Waals surface area contributed by atoms with Gasteiger partial charge in [0, 0.05) is 5.41 Å². The van der Waals surface area contributed by atoms with Crippen LogP contribution in [0.15, 0.2) is 36.1 Å². The van der Waals surface area contributed by atoms with E-state index in [-0.39, 0.29) is 10.8 Å². The number of allylic oxidation sites excluding steroid dienone is 4. The lowest BCUT2D eigenvalue weighted by Gasteiger charge is -2.48. The molecule has 0 fully saturated rings. The topological polar surface area (TPSA) is 9.23 Å². The average Bonchev–Trinajstić information content (AvgIpc) is 2.27. The molecule has 0 aliphatic heterocycles. The van der Waals surface area contributed by atoms with Crippen molar-refractivity contribution in [2.45, 2.75) is 47.0 Å². The summed E-state index contributed by atoms with van der Waals surface area (Å²) in [6, 6.07) is 0. The average molecular weight is 234 g/mol. The molecule has 0 saturated carbocycles. The lowest BCUT2D eigenvalue weighted by atomic mass is 9.56. The van der Waals surface area contributed by atoms with Crippen LogP contribution in [0.1, 0.15) is 47.0 Å². The molecule has 1 heteroatoms. The van der Waals surface area contributed by atoms with E-state index in [2.05, 4.69) is 46.4 Å². The Morgan fingerprint density at radius 1 is 1.53 bits per heavy atom. The van der Waals surface area contributed by atoms with E-state index < -0.39 is 0 Å². The van der Waals surface area contributed by atoms with Crippen molar-refractivity contribution in [1.29, 1.82) is 0 Å². The summed E-state index contributed by atoms with van der Waals surface area (Å²) in [6.45, 7) is 13.2. The van der Waals surface area contributed by atoms with Crippen LogP contribution in [-0.4, -0.2) is 7.11 Å². The van der Waals surface area contributed by atoms with E-state index in [1.54, 1.807) is 13.4 Å². The van der Waals surface area contributed by atoms with Gasteiger partial charge in [-0.3, -0.25) is 0 Å². The van der Waals surface area contributed by atoms with Gasteiger partial charge in [-0.25, -0.2) is 0 Å². The van der Waals surface area contributed by atoms with Gasteiger partial charge in [0.15, 0.2) is 0 Å². The van der Waals surface area contributed by atoms with Gasteiger partial charge in [0.25, 0.3) is 0 Å². The van der Waals surface area contributed by atoms with Crippen LogP contribution in [0, 0.1) is 10.8 Å². The first-order chi connectivity index (χ1) is 7.85. The lowest BCUT2D eigenvalue weighted by Crippen LogP contribution is -2.38. The van der Waals surface area contributed by atoms with Crippen LogP contribution >= 0.6 is 0 Å². The minimum absolute atomic E-state index is 0.0754. The van der Waals surface area contributed by atoms with Crippen molar-refractivity contribution in [2.24, 2.45) is 10.8 Å². The Balaban J connectivity index is 3.09. The van der Waals surface area contributed by atoms with Gasteiger partial charge in [-0.15, -0.1) is 0 Å². The van der Waals surface area contributed by atoms with Crippen LogP contribution in [0.25, 0.3) is 0 Å². The fraction of sp³-hybridized carbons (Fsp3) is 0.625. The highest BCUT2D eigenvalue weighted by molar-refractivity contribution is 5.24. The van der Waals surface area contributed by atoms with Crippen molar-refractivity contribution < 1.29 is 4.74 Å². The summed E-state index contributed by atoms with van der Waals surface area (Å²) in [7, 11) is 1.70. The lowest BCUT2D eigenvalue weighted by molar-refractivity contribution is 0.141. The second-order valence-electron chi connectivity index (χ2n) is 5.88. The zero-order valence-electron chi connectivity index (χ0n) is 12.0. The summed E-state index contributed by atoms with van der Waals surface area (Å²) in [5.41, 5.74) is 3.04. The van der Waals surface area contributed by atoms with Gasteiger partial charge in [0.1, 0.15) is 0 Å². The zero-order chi connectivity index (χ0) is 13.1. The van der Waals surface area contributed by atoms with E-state index in [0.29, 0.717) is 0 Å². The van der Waals surface area contributed by atoms with Gasteiger partial charge < -0.3 is 4.74 Å². The largest absolute Gasteiger partial charge is 0.505 e. The van der Waals surface area contributed by atoms with Crippen LogP contribution in [0.3, 0.4) is 0 Å². The number of hydrogen-bond donors (Lipinski definition) is 0. The van der Waals surface area contributed by atoms with Crippen LogP contribution < -0.4 is 0 Å². The van der Waals surface area contributed by atoms with Crippen molar-refractivity contribution in [2.75, 3.05) is 7.11 Å².